The molecular weight excluding hydrogens is 415 g/mol. The molecule has 0 saturated carbocycles. The zero-order chi connectivity index (χ0) is 23.3. The summed E-state index contributed by atoms with van der Waals surface area (Å²) in [6.45, 7) is 1.91. The third kappa shape index (κ3) is 5.01. The number of likely N-dealkylation sites (tertiary alicyclic amines) is 1. The largest absolute Gasteiger partial charge is 0.478 e. The normalized spacial score (nSPS) is 15.3. The topological polar surface area (TPSA) is 104 Å². The van der Waals surface area contributed by atoms with E-state index in [4.69, 9.17) is 0 Å². The predicted octanol–water partition coefficient (Wildman–Crippen LogP) is 3.07. The van der Waals surface area contributed by atoms with Crippen LogP contribution in [-0.2, 0) is 14.4 Å². The van der Waals surface area contributed by atoms with Gasteiger partial charge in [-0.15, -0.1) is 0 Å². The highest BCUT2D eigenvalue weighted by Gasteiger charge is 2.36. The average molecular weight is 440 g/mol. The SMILES string of the molecule is CC[C@H](NC(=O)C(C(=O)CN1CCCC1=O)c1cccc(F)c1C(=O)O)c1ccccc1. The van der Waals surface area contributed by atoms with Crippen molar-refractivity contribution >= 4 is 23.6 Å². The zero-order valence-corrected chi connectivity index (χ0v) is 17.7. The van der Waals surface area contributed by atoms with E-state index in [1.54, 1.807) is 0 Å². The summed E-state index contributed by atoms with van der Waals surface area (Å²) in [5.41, 5.74) is -0.127. The minimum absolute atomic E-state index is 0.203. The number of nitrogens with zero attached hydrogens (tertiary/aromatic N) is 1. The number of amides is 2. The monoisotopic (exact) mass is 440 g/mol. The van der Waals surface area contributed by atoms with E-state index in [1.165, 1.54) is 17.0 Å². The van der Waals surface area contributed by atoms with Crippen LogP contribution in [0, 0.1) is 5.82 Å². The molecule has 1 fully saturated rings. The number of aromatic carboxylic acids is 1. The first-order chi connectivity index (χ1) is 15.3. The fourth-order valence-electron chi connectivity index (χ4n) is 3.98. The van der Waals surface area contributed by atoms with E-state index in [-0.39, 0.29) is 18.0 Å². The molecule has 2 aromatic rings. The van der Waals surface area contributed by atoms with Crippen molar-refractivity contribution in [3.05, 3.63) is 71.0 Å². The van der Waals surface area contributed by atoms with Crippen molar-refractivity contribution in [2.75, 3.05) is 13.1 Å². The Hall–Kier alpha value is -3.55. The Morgan fingerprint density at radius 1 is 1.12 bits per heavy atom. The highest BCUT2D eigenvalue weighted by Crippen LogP contribution is 2.27. The summed E-state index contributed by atoms with van der Waals surface area (Å²) >= 11 is 0. The van der Waals surface area contributed by atoms with Crippen molar-refractivity contribution in [1.82, 2.24) is 10.2 Å². The smallest absolute Gasteiger partial charge is 0.339 e. The van der Waals surface area contributed by atoms with Gasteiger partial charge in [-0.05, 0) is 30.0 Å². The van der Waals surface area contributed by atoms with Crippen LogP contribution in [0.3, 0.4) is 0 Å². The summed E-state index contributed by atoms with van der Waals surface area (Å²) in [6.07, 6.45) is 1.45. The Labute approximate surface area is 185 Å². The number of hydrogen-bond donors (Lipinski definition) is 2. The van der Waals surface area contributed by atoms with E-state index in [0.717, 1.165) is 11.6 Å². The predicted molar refractivity (Wildman–Crippen MR) is 115 cm³/mol. The minimum Gasteiger partial charge on any atom is -0.478 e. The number of nitrogens with one attached hydrogen (secondary N) is 1. The van der Waals surface area contributed by atoms with Gasteiger partial charge in [0.15, 0.2) is 5.78 Å². The average Bonchev–Trinajstić information content (AvgIpc) is 3.16. The van der Waals surface area contributed by atoms with E-state index in [0.29, 0.717) is 25.8 Å². The second-order valence-electron chi connectivity index (χ2n) is 7.71. The molecule has 168 valence electrons. The van der Waals surface area contributed by atoms with Gasteiger partial charge in [0.25, 0.3) is 0 Å². The van der Waals surface area contributed by atoms with Gasteiger partial charge in [0.2, 0.25) is 11.8 Å². The quantitative estimate of drug-likeness (QED) is 0.584. The van der Waals surface area contributed by atoms with E-state index in [9.17, 15) is 28.7 Å². The van der Waals surface area contributed by atoms with Crippen molar-refractivity contribution < 1.29 is 28.7 Å². The van der Waals surface area contributed by atoms with E-state index < -0.39 is 41.0 Å². The summed E-state index contributed by atoms with van der Waals surface area (Å²) in [5, 5.41) is 12.3. The first kappa shape index (κ1) is 23.1. The van der Waals surface area contributed by atoms with Gasteiger partial charge in [-0.2, -0.15) is 0 Å². The molecule has 7 nitrogen and oxygen atoms in total. The molecule has 1 aliphatic rings. The molecule has 2 atom stereocenters. The van der Waals surface area contributed by atoms with Gasteiger partial charge in [0, 0.05) is 13.0 Å². The first-order valence-corrected chi connectivity index (χ1v) is 10.5. The molecule has 1 unspecified atom stereocenters. The van der Waals surface area contributed by atoms with Crippen LogP contribution in [0.4, 0.5) is 4.39 Å². The number of carboxylic acid groups (broad SMARTS) is 1. The van der Waals surface area contributed by atoms with Crippen molar-refractivity contribution in [3.63, 3.8) is 0 Å². The third-order valence-electron chi connectivity index (χ3n) is 5.60. The molecule has 0 spiro atoms. The highest BCUT2D eigenvalue weighted by atomic mass is 19.1. The lowest BCUT2D eigenvalue weighted by molar-refractivity contribution is -0.136. The maximum Gasteiger partial charge on any atom is 0.339 e. The molecule has 1 aliphatic heterocycles. The van der Waals surface area contributed by atoms with Crippen LogP contribution in [0.15, 0.2) is 48.5 Å². The summed E-state index contributed by atoms with van der Waals surface area (Å²) in [5.74, 6) is -5.77. The van der Waals surface area contributed by atoms with Crippen LogP contribution in [0.1, 0.15) is 59.6 Å². The number of Topliss-reactive ketones (excluding diaryl/α,β-unsaturated/α-hetero) is 1. The van der Waals surface area contributed by atoms with Crippen LogP contribution >= 0.6 is 0 Å². The summed E-state index contributed by atoms with van der Waals surface area (Å²) in [4.78, 5) is 51.6. The number of carboxylic acids is 1. The number of carbonyl (C=O) groups excluding carboxylic acids is 3. The molecular formula is C24H25FN2O5. The highest BCUT2D eigenvalue weighted by molar-refractivity contribution is 6.10. The van der Waals surface area contributed by atoms with Gasteiger partial charge in [-0.25, -0.2) is 9.18 Å². The van der Waals surface area contributed by atoms with Gasteiger partial charge >= 0.3 is 5.97 Å². The Morgan fingerprint density at radius 3 is 2.44 bits per heavy atom. The lowest BCUT2D eigenvalue weighted by atomic mass is 9.88. The Morgan fingerprint density at radius 2 is 1.84 bits per heavy atom. The number of hydrogen-bond acceptors (Lipinski definition) is 4. The third-order valence-corrected chi connectivity index (χ3v) is 5.60. The van der Waals surface area contributed by atoms with Crippen LogP contribution in [0.2, 0.25) is 0 Å². The van der Waals surface area contributed by atoms with Crippen LogP contribution < -0.4 is 5.32 Å². The Kier molecular flexibility index (Phi) is 7.35. The lowest BCUT2D eigenvalue weighted by Crippen LogP contribution is -2.41. The van der Waals surface area contributed by atoms with E-state index >= 15 is 0 Å². The molecule has 0 radical (unpaired) electrons. The number of carbonyl (C=O) groups is 4. The molecule has 2 N–H and O–H groups in total. The van der Waals surface area contributed by atoms with Gasteiger partial charge in [-0.1, -0.05) is 49.4 Å². The molecule has 0 aromatic heterocycles. The molecule has 8 heteroatoms. The number of halogens is 1. The summed E-state index contributed by atoms with van der Waals surface area (Å²) in [7, 11) is 0. The van der Waals surface area contributed by atoms with Gasteiger partial charge in [-0.3, -0.25) is 14.4 Å². The number of benzene rings is 2. The summed E-state index contributed by atoms with van der Waals surface area (Å²) < 4.78 is 14.4. The van der Waals surface area contributed by atoms with E-state index in [1.807, 2.05) is 37.3 Å². The summed E-state index contributed by atoms with van der Waals surface area (Å²) in [6, 6.07) is 12.2. The molecule has 2 aromatic carbocycles. The second-order valence-corrected chi connectivity index (χ2v) is 7.71. The molecule has 1 heterocycles. The Bertz CT molecular complexity index is 1020. The number of ketones is 1. The molecule has 32 heavy (non-hydrogen) atoms. The fraction of sp³-hybridized carbons (Fsp3) is 0.333. The molecule has 2 amide bonds. The van der Waals surface area contributed by atoms with Gasteiger partial charge in [0.05, 0.1) is 18.2 Å². The molecule has 1 saturated heterocycles. The van der Waals surface area contributed by atoms with Gasteiger partial charge < -0.3 is 15.3 Å². The maximum atomic E-state index is 14.4. The molecule has 3 rings (SSSR count). The second kappa shape index (κ2) is 10.2. The van der Waals surface area contributed by atoms with Crippen molar-refractivity contribution in [1.29, 1.82) is 0 Å². The van der Waals surface area contributed by atoms with E-state index in [2.05, 4.69) is 5.32 Å². The van der Waals surface area contributed by atoms with Crippen LogP contribution in [0.5, 0.6) is 0 Å². The molecule has 0 bridgehead atoms. The lowest BCUT2D eigenvalue weighted by Gasteiger charge is -2.24. The standard InChI is InChI=1S/C24H25FN2O5/c1-2-18(15-8-4-3-5-9-15)26-23(30)22(19(28)14-27-13-7-12-20(27)29)16-10-6-11-17(25)21(16)24(31)32/h3-6,8-11,18,22H,2,7,12-14H2,1H3,(H,26,30)(H,31,32)/t18-,22?/m0/s1. The fourth-order valence-corrected chi connectivity index (χ4v) is 3.98. The van der Waals surface area contributed by atoms with Crippen molar-refractivity contribution in [2.45, 2.75) is 38.1 Å². The molecule has 0 aliphatic carbocycles. The van der Waals surface area contributed by atoms with Gasteiger partial charge in [0.1, 0.15) is 11.7 Å². The van der Waals surface area contributed by atoms with Crippen molar-refractivity contribution in [2.24, 2.45) is 0 Å². The van der Waals surface area contributed by atoms with Crippen LogP contribution in [0.25, 0.3) is 0 Å². The maximum absolute atomic E-state index is 14.4. The van der Waals surface area contributed by atoms with Crippen molar-refractivity contribution in [3.8, 4) is 0 Å². The first-order valence-electron chi connectivity index (χ1n) is 10.5. The zero-order valence-electron chi connectivity index (χ0n) is 17.7. The van der Waals surface area contributed by atoms with Crippen LogP contribution in [-0.4, -0.2) is 46.7 Å². The minimum atomic E-state index is -1.57. The number of rotatable bonds is 9. The Balaban J connectivity index is 1.97.